The molecule has 0 bridgehead atoms. The molecule has 0 fully saturated rings. The van der Waals surface area contributed by atoms with Gasteiger partial charge < -0.3 is 10.0 Å². The van der Waals surface area contributed by atoms with Gasteiger partial charge in [0.25, 0.3) is 0 Å². The summed E-state index contributed by atoms with van der Waals surface area (Å²) < 4.78 is 13.9. The van der Waals surface area contributed by atoms with Crippen molar-refractivity contribution in [1.29, 1.82) is 0 Å². The Balaban J connectivity index is 1.86. The van der Waals surface area contributed by atoms with Gasteiger partial charge in [0, 0.05) is 23.2 Å². The van der Waals surface area contributed by atoms with E-state index in [2.05, 4.69) is 20.8 Å². The molecule has 0 aromatic heterocycles. The van der Waals surface area contributed by atoms with Crippen LogP contribution in [0.2, 0.25) is 0 Å². The zero-order valence-corrected chi connectivity index (χ0v) is 12.7. The number of hydrogen-bond donors (Lipinski definition) is 1. The molecule has 0 radical (unpaired) electrons. The summed E-state index contributed by atoms with van der Waals surface area (Å²) in [5, 5.41) is 9.02. The van der Waals surface area contributed by atoms with Crippen molar-refractivity contribution in [2.75, 3.05) is 11.4 Å². The number of aromatic carboxylic acids is 1. The number of fused-ring (bicyclic) bond motifs is 1. The maximum atomic E-state index is 13.1. The minimum absolute atomic E-state index is 0.265. The van der Waals surface area contributed by atoms with E-state index < -0.39 is 5.97 Å². The molecule has 21 heavy (non-hydrogen) atoms. The van der Waals surface area contributed by atoms with E-state index in [1.807, 2.05) is 6.07 Å². The highest BCUT2D eigenvalue weighted by Gasteiger charge is 2.21. The smallest absolute Gasteiger partial charge is 0.335 e. The summed E-state index contributed by atoms with van der Waals surface area (Å²) in [4.78, 5) is 13.2. The van der Waals surface area contributed by atoms with Crippen molar-refractivity contribution in [2.24, 2.45) is 0 Å². The van der Waals surface area contributed by atoms with Gasteiger partial charge in [0.15, 0.2) is 0 Å². The molecule has 0 saturated carbocycles. The zero-order valence-electron chi connectivity index (χ0n) is 11.1. The Kier molecular flexibility index (Phi) is 3.68. The molecule has 0 unspecified atom stereocenters. The van der Waals surface area contributed by atoms with Crippen molar-refractivity contribution in [3.05, 3.63) is 63.4 Å². The second-order valence-electron chi connectivity index (χ2n) is 5.06. The Morgan fingerprint density at radius 1 is 1.29 bits per heavy atom. The Bertz CT molecular complexity index is 717. The topological polar surface area (TPSA) is 40.5 Å². The average molecular weight is 350 g/mol. The second-order valence-corrected chi connectivity index (χ2v) is 5.91. The molecule has 0 aliphatic carbocycles. The number of carboxylic acids is 1. The van der Waals surface area contributed by atoms with E-state index in [-0.39, 0.29) is 5.82 Å². The van der Waals surface area contributed by atoms with Crippen LogP contribution in [0.15, 0.2) is 40.9 Å². The summed E-state index contributed by atoms with van der Waals surface area (Å²) in [6.07, 6.45) is 0.829. The Morgan fingerprint density at radius 2 is 2.10 bits per heavy atom. The summed E-state index contributed by atoms with van der Waals surface area (Å²) >= 11 is 3.38. The van der Waals surface area contributed by atoms with Crippen molar-refractivity contribution >= 4 is 27.6 Å². The third-order valence-corrected chi connectivity index (χ3v) is 4.43. The maximum Gasteiger partial charge on any atom is 0.335 e. The van der Waals surface area contributed by atoms with Gasteiger partial charge in [0.2, 0.25) is 0 Å². The quantitative estimate of drug-likeness (QED) is 0.914. The van der Waals surface area contributed by atoms with Crippen molar-refractivity contribution in [2.45, 2.75) is 13.0 Å². The lowest BCUT2D eigenvalue weighted by Crippen LogP contribution is -2.19. The molecule has 2 aromatic rings. The van der Waals surface area contributed by atoms with Crippen LogP contribution in [0.5, 0.6) is 0 Å². The SMILES string of the molecule is O=C(O)c1ccc2c(c1)CCN2Cc1ccc(F)cc1Br. The number of hydrogen-bond acceptors (Lipinski definition) is 2. The largest absolute Gasteiger partial charge is 0.478 e. The van der Waals surface area contributed by atoms with E-state index in [9.17, 15) is 9.18 Å². The third kappa shape index (κ3) is 2.78. The summed E-state index contributed by atoms with van der Waals surface area (Å²) in [7, 11) is 0. The molecule has 2 aromatic carbocycles. The van der Waals surface area contributed by atoms with Crippen molar-refractivity contribution < 1.29 is 14.3 Å². The molecular formula is C16H13BrFNO2. The molecule has 108 valence electrons. The summed E-state index contributed by atoms with van der Waals surface area (Å²) in [6.45, 7) is 1.50. The lowest BCUT2D eigenvalue weighted by Gasteiger charge is -2.20. The van der Waals surface area contributed by atoms with Gasteiger partial charge in [-0.05, 0) is 47.9 Å². The van der Waals surface area contributed by atoms with Gasteiger partial charge in [-0.1, -0.05) is 22.0 Å². The number of carboxylic acid groups (broad SMARTS) is 1. The van der Waals surface area contributed by atoms with E-state index in [4.69, 9.17) is 5.11 Å². The number of halogens is 2. The van der Waals surface area contributed by atoms with Gasteiger partial charge in [-0.2, -0.15) is 0 Å². The van der Waals surface area contributed by atoms with E-state index >= 15 is 0 Å². The molecule has 0 atom stereocenters. The molecule has 3 nitrogen and oxygen atoms in total. The number of rotatable bonds is 3. The van der Waals surface area contributed by atoms with Gasteiger partial charge in [-0.15, -0.1) is 0 Å². The van der Waals surface area contributed by atoms with Gasteiger partial charge >= 0.3 is 5.97 Å². The van der Waals surface area contributed by atoms with Crippen LogP contribution < -0.4 is 4.90 Å². The first-order valence-corrected chi connectivity index (χ1v) is 7.39. The Morgan fingerprint density at radius 3 is 2.81 bits per heavy atom. The van der Waals surface area contributed by atoms with Crippen LogP contribution in [0.25, 0.3) is 0 Å². The monoisotopic (exact) mass is 349 g/mol. The molecule has 1 aliphatic heterocycles. The lowest BCUT2D eigenvalue weighted by atomic mass is 10.1. The molecular weight excluding hydrogens is 337 g/mol. The summed E-state index contributed by atoms with van der Waals surface area (Å²) in [5.41, 5.74) is 3.43. The van der Waals surface area contributed by atoms with Crippen molar-refractivity contribution in [3.63, 3.8) is 0 Å². The maximum absolute atomic E-state index is 13.1. The number of nitrogens with zero attached hydrogens (tertiary/aromatic N) is 1. The highest BCUT2D eigenvalue weighted by atomic mass is 79.9. The molecule has 3 rings (SSSR count). The van der Waals surface area contributed by atoms with E-state index in [0.717, 1.165) is 34.3 Å². The Labute approximate surface area is 130 Å². The van der Waals surface area contributed by atoms with E-state index in [1.165, 1.54) is 12.1 Å². The third-order valence-electron chi connectivity index (χ3n) is 3.69. The summed E-state index contributed by atoms with van der Waals surface area (Å²) in [6, 6.07) is 9.88. The number of anilines is 1. The first-order chi connectivity index (χ1) is 10.0. The molecule has 1 aliphatic rings. The number of carbonyl (C=O) groups is 1. The predicted molar refractivity (Wildman–Crippen MR) is 82.3 cm³/mol. The van der Waals surface area contributed by atoms with Crippen molar-refractivity contribution in [3.8, 4) is 0 Å². The van der Waals surface area contributed by atoms with Crippen LogP contribution >= 0.6 is 15.9 Å². The van der Waals surface area contributed by atoms with Gasteiger partial charge in [0.1, 0.15) is 5.82 Å². The van der Waals surface area contributed by atoms with E-state index in [1.54, 1.807) is 18.2 Å². The molecule has 0 amide bonds. The van der Waals surface area contributed by atoms with Gasteiger partial charge in [-0.25, -0.2) is 9.18 Å². The van der Waals surface area contributed by atoms with Crippen LogP contribution in [-0.4, -0.2) is 17.6 Å². The standard InChI is InChI=1S/C16H13BrFNO2/c17-14-8-13(18)3-1-12(14)9-19-6-5-10-7-11(16(20)21)2-4-15(10)19/h1-4,7-8H,5-6,9H2,(H,20,21). The summed E-state index contributed by atoms with van der Waals surface area (Å²) in [5.74, 6) is -1.17. The van der Waals surface area contributed by atoms with Gasteiger partial charge in [-0.3, -0.25) is 0 Å². The Hall–Kier alpha value is -1.88. The minimum atomic E-state index is -0.905. The van der Waals surface area contributed by atoms with Crippen LogP contribution in [0.4, 0.5) is 10.1 Å². The van der Waals surface area contributed by atoms with Crippen molar-refractivity contribution in [1.82, 2.24) is 0 Å². The minimum Gasteiger partial charge on any atom is -0.478 e. The van der Waals surface area contributed by atoms with Crippen LogP contribution in [0.3, 0.4) is 0 Å². The fraction of sp³-hybridized carbons (Fsp3) is 0.188. The predicted octanol–water partition coefficient (Wildman–Crippen LogP) is 3.85. The van der Waals surface area contributed by atoms with Crippen LogP contribution in [0, 0.1) is 5.82 Å². The van der Waals surface area contributed by atoms with Crippen LogP contribution in [-0.2, 0) is 13.0 Å². The average Bonchev–Trinajstić information content (AvgIpc) is 2.84. The highest BCUT2D eigenvalue weighted by Crippen LogP contribution is 2.31. The lowest BCUT2D eigenvalue weighted by molar-refractivity contribution is 0.0697. The van der Waals surface area contributed by atoms with Crippen LogP contribution in [0.1, 0.15) is 21.5 Å². The fourth-order valence-corrected chi connectivity index (χ4v) is 3.10. The first kappa shape index (κ1) is 14.1. The normalized spacial score (nSPS) is 13.3. The first-order valence-electron chi connectivity index (χ1n) is 6.59. The molecule has 0 saturated heterocycles. The van der Waals surface area contributed by atoms with Gasteiger partial charge in [0.05, 0.1) is 5.56 Å². The molecule has 5 heteroatoms. The zero-order chi connectivity index (χ0) is 15.0. The second kappa shape index (κ2) is 5.48. The fourth-order valence-electron chi connectivity index (χ4n) is 2.62. The molecule has 0 spiro atoms. The highest BCUT2D eigenvalue weighted by molar-refractivity contribution is 9.10. The number of benzene rings is 2. The molecule has 1 heterocycles. The molecule has 1 N–H and O–H groups in total. The van der Waals surface area contributed by atoms with E-state index in [0.29, 0.717) is 12.1 Å².